The number of nitrogens with two attached hydrogens (primary N) is 1. The van der Waals surface area contributed by atoms with Crippen molar-refractivity contribution in [3.63, 3.8) is 0 Å². The van der Waals surface area contributed by atoms with Gasteiger partial charge in [-0.1, -0.05) is 5.22 Å². The number of hydrogen-bond acceptors (Lipinski definition) is 3. The van der Waals surface area contributed by atoms with Crippen LogP contribution in [0.1, 0.15) is 6.42 Å². The van der Waals surface area contributed by atoms with Gasteiger partial charge in [-0.05, 0) is 13.0 Å². The first kappa shape index (κ1) is 5.50. The van der Waals surface area contributed by atoms with Gasteiger partial charge in [0.1, 0.15) is 0 Å². The van der Waals surface area contributed by atoms with Crippen molar-refractivity contribution in [2.75, 3.05) is 13.1 Å². The summed E-state index contributed by atoms with van der Waals surface area (Å²) >= 11 is 0. The van der Waals surface area contributed by atoms with Crippen LogP contribution >= 0.6 is 0 Å². The Morgan fingerprint density at radius 3 is 3.00 bits per heavy atom. The molecule has 0 bridgehead atoms. The minimum absolute atomic E-state index is 0.333. The fourth-order valence-electron chi connectivity index (χ4n) is 0.832. The van der Waals surface area contributed by atoms with Crippen LogP contribution in [0.2, 0.25) is 0 Å². The molecule has 1 saturated heterocycles. The highest BCUT2D eigenvalue weighted by molar-refractivity contribution is 4.74. The molecular formula is C4H10N4. The Labute approximate surface area is 48.1 Å². The number of nitrogens with one attached hydrogen (secondary N) is 1. The van der Waals surface area contributed by atoms with E-state index in [1.54, 1.807) is 0 Å². The Kier molecular flexibility index (Phi) is 1.80. The standard InChI is InChI=1S/C4H10N4/c5-8-7-4-1-2-6-3-4/h4,6H,1-3H2,(H2,5,7). The quantitative estimate of drug-likeness (QED) is 0.278. The molecule has 0 saturated carbocycles. The average molecular weight is 114 g/mol. The van der Waals surface area contributed by atoms with Gasteiger partial charge in [-0.15, -0.1) is 0 Å². The summed E-state index contributed by atoms with van der Waals surface area (Å²) in [5.74, 6) is 4.84. The van der Waals surface area contributed by atoms with Crippen molar-refractivity contribution in [2.24, 2.45) is 16.2 Å². The Bertz CT molecular complexity index is 84.0. The summed E-state index contributed by atoms with van der Waals surface area (Å²) < 4.78 is 0. The second-order valence-electron chi connectivity index (χ2n) is 1.88. The fourth-order valence-corrected chi connectivity index (χ4v) is 0.832. The second-order valence-corrected chi connectivity index (χ2v) is 1.88. The van der Waals surface area contributed by atoms with Gasteiger partial charge in [-0.25, -0.2) is 0 Å². The van der Waals surface area contributed by atoms with Crippen LogP contribution in [0, 0.1) is 0 Å². The molecule has 4 nitrogen and oxygen atoms in total. The molecule has 1 unspecified atom stereocenters. The van der Waals surface area contributed by atoms with Gasteiger partial charge in [-0.2, -0.15) is 5.11 Å². The molecule has 1 aliphatic rings. The lowest BCUT2D eigenvalue weighted by atomic mass is 10.3. The lowest BCUT2D eigenvalue weighted by molar-refractivity contribution is 0.685. The molecule has 1 rings (SSSR count). The van der Waals surface area contributed by atoms with Crippen LogP contribution in [0.15, 0.2) is 10.3 Å². The van der Waals surface area contributed by atoms with E-state index in [1.807, 2.05) is 0 Å². The van der Waals surface area contributed by atoms with E-state index < -0.39 is 0 Å². The maximum atomic E-state index is 4.84. The van der Waals surface area contributed by atoms with Crippen LogP contribution in [0.25, 0.3) is 0 Å². The van der Waals surface area contributed by atoms with Gasteiger partial charge in [0, 0.05) is 6.54 Å². The minimum Gasteiger partial charge on any atom is -0.314 e. The van der Waals surface area contributed by atoms with E-state index in [9.17, 15) is 0 Å². The molecule has 0 aromatic rings. The van der Waals surface area contributed by atoms with Crippen molar-refractivity contribution in [1.82, 2.24) is 5.32 Å². The first-order valence-electron chi connectivity index (χ1n) is 2.74. The van der Waals surface area contributed by atoms with E-state index in [-0.39, 0.29) is 0 Å². The van der Waals surface area contributed by atoms with Crippen molar-refractivity contribution >= 4 is 0 Å². The van der Waals surface area contributed by atoms with Crippen molar-refractivity contribution in [3.8, 4) is 0 Å². The highest BCUT2D eigenvalue weighted by atomic mass is 15.3. The molecule has 4 heteroatoms. The minimum atomic E-state index is 0.333. The molecule has 0 aromatic carbocycles. The molecule has 1 aliphatic heterocycles. The zero-order valence-electron chi connectivity index (χ0n) is 4.67. The zero-order chi connectivity index (χ0) is 5.82. The molecule has 1 fully saturated rings. The SMILES string of the molecule is NN=NC1CCNC1. The molecule has 0 amide bonds. The highest BCUT2D eigenvalue weighted by Crippen LogP contribution is 2.00. The summed E-state index contributed by atoms with van der Waals surface area (Å²) in [6.45, 7) is 1.98. The summed E-state index contributed by atoms with van der Waals surface area (Å²) in [5, 5.41) is 10.1. The van der Waals surface area contributed by atoms with Crippen LogP contribution in [0.4, 0.5) is 0 Å². The van der Waals surface area contributed by atoms with E-state index in [4.69, 9.17) is 5.84 Å². The maximum Gasteiger partial charge on any atom is 0.0865 e. The maximum absolute atomic E-state index is 4.84. The molecule has 3 N–H and O–H groups in total. The van der Waals surface area contributed by atoms with Gasteiger partial charge in [0.05, 0.1) is 6.04 Å². The molecule has 0 spiro atoms. The van der Waals surface area contributed by atoms with Crippen molar-refractivity contribution < 1.29 is 0 Å². The van der Waals surface area contributed by atoms with Crippen LogP contribution in [-0.4, -0.2) is 19.1 Å². The summed E-state index contributed by atoms with van der Waals surface area (Å²) in [6, 6.07) is 0.333. The summed E-state index contributed by atoms with van der Waals surface area (Å²) in [6.07, 6.45) is 1.07. The van der Waals surface area contributed by atoms with E-state index in [0.717, 1.165) is 19.5 Å². The van der Waals surface area contributed by atoms with Gasteiger partial charge >= 0.3 is 0 Å². The second kappa shape index (κ2) is 2.61. The van der Waals surface area contributed by atoms with E-state index in [2.05, 4.69) is 15.7 Å². The van der Waals surface area contributed by atoms with Gasteiger partial charge in [0.15, 0.2) is 0 Å². The fraction of sp³-hybridized carbons (Fsp3) is 1.00. The molecule has 46 valence electrons. The third kappa shape index (κ3) is 1.16. The van der Waals surface area contributed by atoms with Crippen LogP contribution < -0.4 is 11.2 Å². The third-order valence-electron chi connectivity index (χ3n) is 1.26. The Morgan fingerprint density at radius 2 is 2.50 bits per heavy atom. The van der Waals surface area contributed by atoms with Crippen LogP contribution in [-0.2, 0) is 0 Å². The van der Waals surface area contributed by atoms with Crippen molar-refractivity contribution in [2.45, 2.75) is 12.5 Å². The van der Waals surface area contributed by atoms with Crippen LogP contribution in [0.3, 0.4) is 0 Å². The Morgan fingerprint density at radius 1 is 1.62 bits per heavy atom. The molecule has 1 atom stereocenters. The van der Waals surface area contributed by atoms with E-state index in [0.29, 0.717) is 6.04 Å². The summed E-state index contributed by atoms with van der Waals surface area (Å²) in [5.41, 5.74) is 0. The predicted octanol–water partition coefficient (Wildman–Crippen LogP) is -0.326. The molecular weight excluding hydrogens is 104 g/mol. The monoisotopic (exact) mass is 114 g/mol. The van der Waals surface area contributed by atoms with Crippen LogP contribution in [0.5, 0.6) is 0 Å². The average Bonchev–Trinajstić information content (AvgIpc) is 2.19. The third-order valence-corrected chi connectivity index (χ3v) is 1.26. The zero-order valence-corrected chi connectivity index (χ0v) is 4.67. The van der Waals surface area contributed by atoms with E-state index in [1.165, 1.54) is 0 Å². The number of nitrogens with zero attached hydrogens (tertiary/aromatic N) is 2. The first-order chi connectivity index (χ1) is 3.93. The smallest absolute Gasteiger partial charge is 0.0865 e. The van der Waals surface area contributed by atoms with Gasteiger partial charge in [0.2, 0.25) is 0 Å². The summed E-state index contributed by atoms with van der Waals surface area (Å²) in [7, 11) is 0. The normalized spacial score (nSPS) is 29.8. The first-order valence-corrected chi connectivity index (χ1v) is 2.74. The lowest BCUT2D eigenvalue weighted by Crippen LogP contribution is -2.10. The van der Waals surface area contributed by atoms with Gasteiger partial charge in [0.25, 0.3) is 0 Å². The molecule has 0 radical (unpaired) electrons. The largest absolute Gasteiger partial charge is 0.314 e. The number of rotatable bonds is 1. The number of hydrogen-bond donors (Lipinski definition) is 2. The van der Waals surface area contributed by atoms with Crippen molar-refractivity contribution in [1.29, 1.82) is 0 Å². The lowest BCUT2D eigenvalue weighted by Gasteiger charge is -1.93. The van der Waals surface area contributed by atoms with Gasteiger partial charge in [-0.3, -0.25) is 0 Å². The van der Waals surface area contributed by atoms with E-state index >= 15 is 0 Å². The van der Waals surface area contributed by atoms with Crippen molar-refractivity contribution in [3.05, 3.63) is 0 Å². The van der Waals surface area contributed by atoms with Gasteiger partial charge < -0.3 is 11.2 Å². The molecule has 0 aromatic heterocycles. The topological polar surface area (TPSA) is 62.8 Å². The molecule has 1 heterocycles. The predicted molar refractivity (Wildman–Crippen MR) is 30.3 cm³/mol. The Balaban J connectivity index is 2.24. The highest BCUT2D eigenvalue weighted by Gasteiger charge is 2.11. The Hall–Kier alpha value is -0.640. The summed E-state index contributed by atoms with van der Waals surface area (Å²) in [4.78, 5) is 0. The molecule has 0 aliphatic carbocycles. The molecule has 8 heavy (non-hydrogen) atoms.